The van der Waals surface area contributed by atoms with E-state index in [0.717, 1.165) is 16.5 Å². The number of aromatic nitrogens is 2. The molecule has 4 rings (SSSR count). The molecule has 3 heterocycles. The van der Waals surface area contributed by atoms with Crippen LogP contribution < -0.4 is 11.1 Å². The number of nitrogens with two attached hydrogens (primary N) is 1. The number of pyridine rings is 1. The molecule has 1 aliphatic rings. The average molecular weight is 385 g/mol. The van der Waals surface area contributed by atoms with E-state index in [4.69, 9.17) is 22.1 Å². The summed E-state index contributed by atoms with van der Waals surface area (Å²) in [6, 6.07) is 8.54. The summed E-state index contributed by atoms with van der Waals surface area (Å²) in [4.78, 5) is 28.5. The van der Waals surface area contributed by atoms with Gasteiger partial charge in [-0.3, -0.25) is 14.6 Å². The van der Waals surface area contributed by atoms with Crippen LogP contribution in [0.15, 0.2) is 36.5 Å². The van der Waals surface area contributed by atoms with Crippen molar-refractivity contribution in [3.8, 4) is 0 Å². The monoisotopic (exact) mass is 384 g/mol. The summed E-state index contributed by atoms with van der Waals surface area (Å²) in [5.41, 5.74) is 8.42. The van der Waals surface area contributed by atoms with Crippen molar-refractivity contribution in [1.82, 2.24) is 14.9 Å². The fourth-order valence-corrected chi connectivity index (χ4v) is 3.48. The number of hydrogen-bond donors (Lipinski definition) is 2. The number of nitrogens with one attached hydrogen (secondary N) is 1. The fourth-order valence-electron chi connectivity index (χ4n) is 3.31. The quantitative estimate of drug-likeness (QED) is 0.723. The van der Waals surface area contributed by atoms with Crippen LogP contribution in [0.25, 0.3) is 10.9 Å². The molecule has 0 fully saturated rings. The highest BCUT2D eigenvalue weighted by atomic mass is 35.5. The lowest BCUT2D eigenvalue weighted by Crippen LogP contribution is -2.36. The van der Waals surface area contributed by atoms with Gasteiger partial charge < -0.3 is 20.4 Å². The minimum Gasteiger partial charge on any atom is -0.374 e. The van der Waals surface area contributed by atoms with Gasteiger partial charge in [0.05, 0.1) is 30.5 Å². The van der Waals surface area contributed by atoms with E-state index in [1.54, 1.807) is 16.7 Å². The highest BCUT2D eigenvalue weighted by Crippen LogP contribution is 2.26. The van der Waals surface area contributed by atoms with E-state index >= 15 is 0 Å². The van der Waals surface area contributed by atoms with E-state index in [2.05, 4.69) is 10.3 Å². The van der Waals surface area contributed by atoms with Crippen LogP contribution in [-0.4, -0.2) is 28.0 Å². The van der Waals surface area contributed by atoms with Crippen LogP contribution in [0.3, 0.4) is 0 Å². The van der Waals surface area contributed by atoms with Crippen molar-refractivity contribution in [2.45, 2.75) is 12.6 Å². The molecule has 1 unspecified atom stereocenters. The highest BCUT2D eigenvalue weighted by molar-refractivity contribution is 6.31. The molecular formula is C19H17ClN4O3. The number of ether oxygens (including phenoxy) is 1. The van der Waals surface area contributed by atoms with E-state index in [9.17, 15) is 9.59 Å². The van der Waals surface area contributed by atoms with Crippen LogP contribution >= 0.6 is 11.6 Å². The Labute approximate surface area is 160 Å². The van der Waals surface area contributed by atoms with Gasteiger partial charge in [0, 0.05) is 34.7 Å². The molecule has 0 aliphatic carbocycles. The second kappa shape index (κ2) is 6.68. The van der Waals surface area contributed by atoms with Gasteiger partial charge in [0.25, 0.3) is 5.91 Å². The number of rotatable bonds is 3. The van der Waals surface area contributed by atoms with Crippen molar-refractivity contribution in [3.05, 3.63) is 64.1 Å². The molecule has 0 saturated heterocycles. The summed E-state index contributed by atoms with van der Waals surface area (Å²) in [5, 5.41) is 4.50. The molecule has 1 aliphatic heterocycles. The first-order chi connectivity index (χ1) is 12.9. The summed E-state index contributed by atoms with van der Waals surface area (Å²) >= 11 is 6.05. The second-order valence-electron chi connectivity index (χ2n) is 6.47. The number of primary amides is 1. The minimum absolute atomic E-state index is 0.243. The van der Waals surface area contributed by atoms with Gasteiger partial charge >= 0.3 is 0 Å². The largest absolute Gasteiger partial charge is 0.374 e. The van der Waals surface area contributed by atoms with Crippen molar-refractivity contribution in [2.24, 2.45) is 12.8 Å². The van der Waals surface area contributed by atoms with Gasteiger partial charge in [-0.25, -0.2) is 0 Å². The van der Waals surface area contributed by atoms with Crippen molar-refractivity contribution in [3.63, 3.8) is 0 Å². The van der Waals surface area contributed by atoms with Crippen LogP contribution in [0.5, 0.6) is 0 Å². The first kappa shape index (κ1) is 17.5. The summed E-state index contributed by atoms with van der Waals surface area (Å²) in [5.74, 6) is -0.794. The zero-order chi connectivity index (χ0) is 19.1. The molecule has 3 N–H and O–H groups in total. The van der Waals surface area contributed by atoms with Crippen LogP contribution in [0.2, 0.25) is 5.02 Å². The number of amides is 2. The third-order valence-corrected chi connectivity index (χ3v) is 4.94. The third-order valence-electron chi connectivity index (χ3n) is 4.70. The van der Waals surface area contributed by atoms with E-state index in [1.165, 1.54) is 6.20 Å². The Bertz CT molecular complexity index is 1080. The maximum Gasteiger partial charge on any atom is 0.268 e. The maximum absolute atomic E-state index is 12.9. The average Bonchev–Trinajstić information content (AvgIpc) is 2.98. The van der Waals surface area contributed by atoms with Gasteiger partial charge in [-0.2, -0.15) is 0 Å². The van der Waals surface area contributed by atoms with E-state index in [0.29, 0.717) is 35.2 Å². The van der Waals surface area contributed by atoms with Crippen molar-refractivity contribution in [1.29, 1.82) is 0 Å². The van der Waals surface area contributed by atoms with Gasteiger partial charge in [0.15, 0.2) is 0 Å². The van der Waals surface area contributed by atoms with Crippen molar-refractivity contribution in [2.75, 3.05) is 6.61 Å². The molecule has 138 valence electrons. The predicted molar refractivity (Wildman–Crippen MR) is 101 cm³/mol. The van der Waals surface area contributed by atoms with Crippen LogP contribution in [0.4, 0.5) is 0 Å². The molecule has 1 atom stereocenters. The van der Waals surface area contributed by atoms with E-state index in [1.807, 2.05) is 25.2 Å². The third kappa shape index (κ3) is 3.15. The minimum atomic E-state index is -0.550. The van der Waals surface area contributed by atoms with Crippen LogP contribution in [0, 0.1) is 0 Å². The van der Waals surface area contributed by atoms with Crippen molar-refractivity contribution >= 4 is 34.3 Å². The molecule has 27 heavy (non-hydrogen) atoms. The number of aryl methyl sites for hydroxylation is 1. The maximum atomic E-state index is 12.9. The molecular weight excluding hydrogens is 368 g/mol. The number of fused-ring (bicyclic) bond motifs is 2. The van der Waals surface area contributed by atoms with E-state index in [-0.39, 0.29) is 5.91 Å². The van der Waals surface area contributed by atoms with Gasteiger partial charge in [0.2, 0.25) is 5.91 Å². The summed E-state index contributed by atoms with van der Waals surface area (Å²) < 4.78 is 7.35. The Kier molecular flexibility index (Phi) is 4.33. The molecule has 0 saturated carbocycles. The SMILES string of the molecule is Cn1c(C(=O)NC2COCc3cc(C(N)=O)cnc32)cc2ccc(Cl)cc21. The topological polar surface area (TPSA) is 99.2 Å². The molecule has 0 radical (unpaired) electrons. The Morgan fingerprint density at radius 2 is 2.15 bits per heavy atom. The summed E-state index contributed by atoms with van der Waals surface area (Å²) in [6.07, 6.45) is 1.42. The highest BCUT2D eigenvalue weighted by Gasteiger charge is 2.26. The Balaban J connectivity index is 1.63. The van der Waals surface area contributed by atoms with Crippen LogP contribution in [-0.2, 0) is 18.4 Å². The molecule has 1 aromatic carbocycles. The molecule has 0 spiro atoms. The zero-order valence-corrected chi connectivity index (χ0v) is 15.3. The van der Waals surface area contributed by atoms with E-state index < -0.39 is 11.9 Å². The number of halogens is 1. The smallest absolute Gasteiger partial charge is 0.268 e. The molecule has 2 amide bonds. The zero-order valence-electron chi connectivity index (χ0n) is 14.5. The predicted octanol–water partition coefficient (Wildman–Crippen LogP) is 2.33. The Morgan fingerprint density at radius 3 is 2.93 bits per heavy atom. The fraction of sp³-hybridized carbons (Fsp3) is 0.211. The van der Waals surface area contributed by atoms with Gasteiger partial charge in [-0.1, -0.05) is 17.7 Å². The standard InChI is InChI=1S/C19H17ClN4O3/c1-24-15-6-13(20)3-2-10(15)5-16(24)19(26)23-14-9-27-8-12-4-11(18(21)25)7-22-17(12)14/h2-7,14H,8-9H2,1H3,(H2,21,25)(H,23,26). The number of carbonyl (C=O) groups is 2. The lowest BCUT2D eigenvalue weighted by Gasteiger charge is -2.25. The lowest BCUT2D eigenvalue weighted by atomic mass is 10.0. The van der Waals surface area contributed by atoms with Crippen LogP contribution in [0.1, 0.15) is 38.1 Å². The molecule has 3 aromatic rings. The normalized spacial score (nSPS) is 16.1. The van der Waals surface area contributed by atoms with Crippen molar-refractivity contribution < 1.29 is 14.3 Å². The van der Waals surface area contributed by atoms with Gasteiger partial charge in [-0.05, 0) is 24.3 Å². The number of carbonyl (C=O) groups excluding carboxylic acids is 2. The lowest BCUT2D eigenvalue weighted by molar-refractivity contribution is 0.0688. The number of hydrogen-bond acceptors (Lipinski definition) is 4. The Morgan fingerprint density at radius 1 is 1.33 bits per heavy atom. The summed E-state index contributed by atoms with van der Waals surface area (Å²) in [6.45, 7) is 0.625. The van der Waals surface area contributed by atoms with Gasteiger partial charge in [-0.15, -0.1) is 0 Å². The van der Waals surface area contributed by atoms with Gasteiger partial charge in [0.1, 0.15) is 5.69 Å². The molecule has 0 bridgehead atoms. The number of nitrogens with zero attached hydrogens (tertiary/aromatic N) is 2. The number of benzene rings is 1. The molecule has 7 nitrogen and oxygen atoms in total. The Hall–Kier alpha value is -2.90. The molecule has 8 heteroatoms. The molecule has 2 aromatic heterocycles. The second-order valence-corrected chi connectivity index (χ2v) is 6.90. The first-order valence-electron chi connectivity index (χ1n) is 8.36. The summed E-state index contributed by atoms with van der Waals surface area (Å²) in [7, 11) is 1.82. The first-order valence-corrected chi connectivity index (χ1v) is 8.74.